The zero-order valence-electron chi connectivity index (χ0n) is 16.0. The average molecular weight is 397 g/mol. The predicted octanol–water partition coefficient (Wildman–Crippen LogP) is 4.99. The Bertz CT molecular complexity index is 886. The second-order valence-electron chi connectivity index (χ2n) is 8.03. The summed E-state index contributed by atoms with van der Waals surface area (Å²) in [6.07, 6.45) is 4.71. The number of hydrogen-bond acceptors (Lipinski definition) is 2. The van der Waals surface area contributed by atoms with Crippen LogP contribution in [0.2, 0.25) is 5.02 Å². The minimum atomic E-state index is -0.475. The van der Waals surface area contributed by atoms with Gasteiger partial charge in [0.15, 0.2) is 0 Å². The molecule has 2 aromatic rings. The Kier molecular flexibility index (Phi) is 5.15. The van der Waals surface area contributed by atoms with E-state index in [2.05, 4.69) is 10.6 Å². The SMILES string of the molecule is CC(NC(=O)C1(c2cccc(Cl)c2)CCC1)c1ccc(NC(=O)C2CC2)cc1. The fourth-order valence-electron chi connectivity index (χ4n) is 3.83. The van der Waals surface area contributed by atoms with E-state index >= 15 is 0 Å². The summed E-state index contributed by atoms with van der Waals surface area (Å²) in [4.78, 5) is 25.0. The van der Waals surface area contributed by atoms with Gasteiger partial charge in [0.05, 0.1) is 11.5 Å². The third-order valence-electron chi connectivity index (χ3n) is 5.99. The molecule has 1 atom stereocenters. The molecule has 0 saturated heterocycles. The molecule has 0 bridgehead atoms. The van der Waals surface area contributed by atoms with Gasteiger partial charge in [-0.3, -0.25) is 9.59 Å². The number of amides is 2. The first-order chi connectivity index (χ1) is 13.5. The molecule has 28 heavy (non-hydrogen) atoms. The van der Waals surface area contributed by atoms with Crippen LogP contribution in [0.3, 0.4) is 0 Å². The number of halogens is 1. The molecule has 4 nitrogen and oxygen atoms in total. The van der Waals surface area contributed by atoms with Crippen LogP contribution in [-0.4, -0.2) is 11.8 Å². The maximum Gasteiger partial charge on any atom is 0.231 e. The Hall–Kier alpha value is -2.33. The van der Waals surface area contributed by atoms with E-state index < -0.39 is 5.41 Å². The van der Waals surface area contributed by atoms with Crippen LogP contribution in [0.15, 0.2) is 48.5 Å². The van der Waals surface area contributed by atoms with Gasteiger partial charge in [-0.1, -0.05) is 42.3 Å². The van der Waals surface area contributed by atoms with E-state index in [-0.39, 0.29) is 23.8 Å². The molecular formula is C23H25ClN2O2. The number of nitrogens with one attached hydrogen (secondary N) is 2. The van der Waals surface area contributed by atoms with Crippen molar-refractivity contribution >= 4 is 29.1 Å². The van der Waals surface area contributed by atoms with Gasteiger partial charge in [0.2, 0.25) is 11.8 Å². The van der Waals surface area contributed by atoms with Gasteiger partial charge < -0.3 is 10.6 Å². The number of carbonyl (C=O) groups excluding carboxylic acids is 2. The van der Waals surface area contributed by atoms with E-state index in [4.69, 9.17) is 11.6 Å². The number of hydrogen-bond donors (Lipinski definition) is 2. The van der Waals surface area contributed by atoms with Crippen molar-refractivity contribution < 1.29 is 9.59 Å². The first-order valence-electron chi connectivity index (χ1n) is 9.96. The monoisotopic (exact) mass is 396 g/mol. The average Bonchev–Trinajstić information content (AvgIpc) is 3.46. The molecule has 2 aliphatic carbocycles. The third kappa shape index (κ3) is 3.79. The highest BCUT2D eigenvalue weighted by Gasteiger charge is 2.46. The van der Waals surface area contributed by atoms with Crippen molar-refractivity contribution in [3.8, 4) is 0 Å². The number of benzene rings is 2. The predicted molar refractivity (Wildman–Crippen MR) is 111 cm³/mol. The van der Waals surface area contributed by atoms with Crippen molar-refractivity contribution in [1.29, 1.82) is 0 Å². The number of carbonyl (C=O) groups is 2. The highest BCUT2D eigenvalue weighted by atomic mass is 35.5. The van der Waals surface area contributed by atoms with Crippen molar-refractivity contribution in [1.82, 2.24) is 5.32 Å². The topological polar surface area (TPSA) is 58.2 Å². The lowest BCUT2D eigenvalue weighted by Gasteiger charge is -2.41. The number of rotatable bonds is 6. The largest absolute Gasteiger partial charge is 0.349 e. The van der Waals surface area contributed by atoms with Crippen LogP contribution < -0.4 is 10.6 Å². The van der Waals surface area contributed by atoms with Gasteiger partial charge in [0.1, 0.15) is 0 Å². The molecule has 0 aliphatic heterocycles. The summed E-state index contributed by atoms with van der Waals surface area (Å²) < 4.78 is 0. The van der Waals surface area contributed by atoms with Gasteiger partial charge >= 0.3 is 0 Å². The standard InChI is InChI=1S/C23H25ClN2O2/c1-15(16-8-10-20(11-9-16)26-21(27)17-6-7-17)25-22(28)23(12-3-13-23)18-4-2-5-19(24)14-18/h2,4-5,8-11,14-15,17H,3,6-7,12-13H2,1H3,(H,25,28)(H,26,27). The maximum absolute atomic E-state index is 13.1. The van der Waals surface area contributed by atoms with E-state index in [0.29, 0.717) is 5.02 Å². The van der Waals surface area contributed by atoms with Crippen LogP contribution in [0.25, 0.3) is 0 Å². The highest BCUT2D eigenvalue weighted by Crippen LogP contribution is 2.45. The van der Waals surface area contributed by atoms with Crippen molar-refractivity contribution in [3.05, 3.63) is 64.7 Å². The molecule has 2 saturated carbocycles. The Balaban J connectivity index is 1.43. The normalized spacial score (nSPS) is 18.6. The minimum absolute atomic E-state index is 0.0552. The van der Waals surface area contributed by atoms with Crippen LogP contribution >= 0.6 is 11.6 Å². The maximum atomic E-state index is 13.1. The molecule has 146 valence electrons. The lowest BCUT2D eigenvalue weighted by atomic mass is 9.63. The zero-order chi connectivity index (χ0) is 19.7. The van der Waals surface area contributed by atoms with Crippen LogP contribution in [0.4, 0.5) is 5.69 Å². The summed E-state index contributed by atoms with van der Waals surface area (Å²) in [6, 6.07) is 15.2. The molecular weight excluding hydrogens is 372 g/mol. The van der Waals surface area contributed by atoms with Gasteiger partial charge in [-0.05, 0) is 68.0 Å². The van der Waals surface area contributed by atoms with Crippen molar-refractivity contribution in [2.24, 2.45) is 5.92 Å². The Morgan fingerprint density at radius 2 is 1.82 bits per heavy atom. The van der Waals surface area contributed by atoms with Crippen molar-refractivity contribution in [2.45, 2.75) is 50.5 Å². The molecule has 0 heterocycles. The first-order valence-corrected chi connectivity index (χ1v) is 10.3. The van der Waals surface area contributed by atoms with E-state index in [1.165, 1.54) is 0 Å². The van der Waals surface area contributed by atoms with E-state index in [1.54, 1.807) is 0 Å². The summed E-state index contributed by atoms with van der Waals surface area (Å²) in [5.41, 5.74) is 2.33. The Morgan fingerprint density at radius 1 is 1.11 bits per heavy atom. The van der Waals surface area contributed by atoms with Gasteiger partial charge in [-0.15, -0.1) is 0 Å². The molecule has 0 aromatic heterocycles. The Morgan fingerprint density at radius 3 is 2.39 bits per heavy atom. The smallest absolute Gasteiger partial charge is 0.231 e. The first kappa shape index (κ1) is 19.0. The second-order valence-corrected chi connectivity index (χ2v) is 8.46. The summed E-state index contributed by atoms with van der Waals surface area (Å²) >= 11 is 6.15. The van der Waals surface area contributed by atoms with Gasteiger partial charge in [0.25, 0.3) is 0 Å². The summed E-state index contributed by atoms with van der Waals surface area (Å²) in [7, 11) is 0. The second kappa shape index (κ2) is 7.59. The molecule has 1 unspecified atom stereocenters. The van der Waals surface area contributed by atoms with Crippen LogP contribution in [0.5, 0.6) is 0 Å². The third-order valence-corrected chi connectivity index (χ3v) is 6.23. The van der Waals surface area contributed by atoms with E-state index in [0.717, 1.165) is 48.9 Å². The van der Waals surface area contributed by atoms with Crippen LogP contribution in [0.1, 0.15) is 56.2 Å². The van der Waals surface area contributed by atoms with Crippen molar-refractivity contribution in [2.75, 3.05) is 5.32 Å². The summed E-state index contributed by atoms with van der Waals surface area (Å²) in [6.45, 7) is 1.99. The lowest BCUT2D eigenvalue weighted by molar-refractivity contribution is -0.130. The van der Waals surface area contributed by atoms with Gasteiger partial charge in [0, 0.05) is 16.6 Å². The molecule has 0 spiro atoms. The van der Waals surface area contributed by atoms with Crippen molar-refractivity contribution in [3.63, 3.8) is 0 Å². The molecule has 0 radical (unpaired) electrons. The molecule has 2 fully saturated rings. The van der Waals surface area contributed by atoms with E-state index in [1.807, 2.05) is 55.5 Å². The van der Waals surface area contributed by atoms with Gasteiger partial charge in [-0.2, -0.15) is 0 Å². The number of anilines is 1. The molecule has 5 heteroatoms. The zero-order valence-corrected chi connectivity index (χ0v) is 16.8. The molecule has 2 N–H and O–H groups in total. The molecule has 2 amide bonds. The Labute approximate surface area is 170 Å². The molecule has 2 aliphatic rings. The molecule has 4 rings (SSSR count). The highest BCUT2D eigenvalue weighted by molar-refractivity contribution is 6.30. The quantitative estimate of drug-likeness (QED) is 0.722. The fourth-order valence-corrected chi connectivity index (χ4v) is 4.02. The minimum Gasteiger partial charge on any atom is -0.349 e. The summed E-state index contributed by atoms with van der Waals surface area (Å²) in [5.74, 6) is 0.338. The van der Waals surface area contributed by atoms with Crippen LogP contribution in [0, 0.1) is 5.92 Å². The van der Waals surface area contributed by atoms with Gasteiger partial charge in [-0.25, -0.2) is 0 Å². The summed E-state index contributed by atoms with van der Waals surface area (Å²) in [5, 5.41) is 6.78. The molecule has 2 aromatic carbocycles. The van der Waals surface area contributed by atoms with Crippen LogP contribution in [-0.2, 0) is 15.0 Å². The fraction of sp³-hybridized carbons (Fsp3) is 0.391. The van der Waals surface area contributed by atoms with E-state index in [9.17, 15) is 9.59 Å². The lowest BCUT2D eigenvalue weighted by Crippen LogP contribution is -2.49.